The van der Waals surface area contributed by atoms with Crippen LogP contribution in [-0.2, 0) is 23.0 Å². The Bertz CT molecular complexity index is 1470. The highest BCUT2D eigenvalue weighted by Crippen LogP contribution is 2.39. The number of likely N-dealkylation sites (tertiary alicyclic amines) is 1. The van der Waals surface area contributed by atoms with Crippen molar-refractivity contribution in [3.8, 4) is 11.5 Å². The summed E-state index contributed by atoms with van der Waals surface area (Å²) in [4.78, 5) is 22.1. The molecule has 2 N–H and O–H groups in total. The smallest absolute Gasteiger partial charge is 0.257 e. The highest BCUT2D eigenvalue weighted by molar-refractivity contribution is 7.89. The Morgan fingerprint density at radius 2 is 1.86 bits per heavy atom. The number of carbonyl (C=O) groups is 1. The number of hydrogen-bond donors (Lipinski definition) is 1. The van der Waals surface area contributed by atoms with Gasteiger partial charge in [0, 0.05) is 45.1 Å². The molecule has 0 radical (unpaired) electrons. The molecule has 1 fully saturated rings. The molecule has 2 aliphatic heterocycles. The number of nitrogens with zero attached hydrogens (tertiary/aromatic N) is 3. The molecule has 2 aliphatic rings. The number of carbonyl (C=O) groups excluding carboxylic acids is 1. The molecular formula is C32H40N4O5S. The van der Waals surface area contributed by atoms with Gasteiger partial charge in [-0.15, -0.1) is 0 Å². The number of primary sulfonamides is 1. The molecular weight excluding hydrogens is 552 g/mol. The summed E-state index contributed by atoms with van der Waals surface area (Å²) >= 11 is 0. The van der Waals surface area contributed by atoms with Gasteiger partial charge in [-0.1, -0.05) is 30.7 Å². The van der Waals surface area contributed by atoms with Gasteiger partial charge >= 0.3 is 0 Å². The standard InChI is InChI=1S/C32H40N4O5S/c1-40-30-12-11-27(42(33,38)39)21-28(30)31(37)36-17-14-32(15-18-36)13-5-4-9-26-8-2-3-10-29(26)41-20-19-35(24-32)23-25-7-6-16-34-22-25/h2-3,6-8,10-12,16,21-22H,4-5,9,13-15,17-20,23-24H2,1H3,(H2,33,38,39). The van der Waals surface area contributed by atoms with E-state index in [-0.39, 0.29) is 21.8 Å². The van der Waals surface area contributed by atoms with Crippen molar-refractivity contribution in [1.29, 1.82) is 0 Å². The highest BCUT2D eigenvalue weighted by Gasteiger charge is 2.38. The molecule has 2 aromatic carbocycles. The highest BCUT2D eigenvalue weighted by atomic mass is 32.2. The number of pyridine rings is 1. The maximum atomic E-state index is 13.6. The van der Waals surface area contributed by atoms with Gasteiger partial charge in [0.15, 0.2) is 0 Å². The van der Waals surface area contributed by atoms with Gasteiger partial charge in [0.05, 0.1) is 17.6 Å². The van der Waals surface area contributed by atoms with Crippen LogP contribution in [0.4, 0.5) is 0 Å². The largest absolute Gasteiger partial charge is 0.496 e. The average Bonchev–Trinajstić information content (AvgIpc) is 2.99. The van der Waals surface area contributed by atoms with Gasteiger partial charge in [-0.2, -0.15) is 0 Å². The Labute approximate surface area is 248 Å². The van der Waals surface area contributed by atoms with E-state index < -0.39 is 10.0 Å². The lowest BCUT2D eigenvalue weighted by molar-refractivity contribution is 0.0359. The number of benzene rings is 2. The lowest BCUT2D eigenvalue weighted by Crippen LogP contribution is -2.48. The van der Waals surface area contributed by atoms with E-state index in [1.807, 2.05) is 23.2 Å². The van der Waals surface area contributed by atoms with Gasteiger partial charge in [0.1, 0.15) is 18.1 Å². The summed E-state index contributed by atoms with van der Waals surface area (Å²) in [6.45, 7) is 4.23. The number of ether oxygens (including phenoxy) is 2. The summed E-state index contributed by atoms with van der Waals surface area (Å²) in [7, 11) is -2.48. The van der Waals surface area contributed by atoms with Crippen LogP contribution in [0.15, 0.2) is 71.9 Å². The van der Waals surface area contributed by atoms with Gasteiger partial charge < -0.3 is 14.4 Å². The SMILES string of the molecule is COc1ccc(S(N)(=O)=O)cc1C(=O)N1CCC2(CCCCc3ccccc3OCCN(Cc3cccnc3)C2)CC1. The molecule has 1 spiro atoms. The number of aryl methyl sites for hydroxylation is 1. The van der Waals surface area contributed by atoms with Gasteiger partial charge in [-0.05, 0) is 79.0 Å². The van der Waals surface area contributed by atoms with Crippen LogP contribution in [0.3, 0.4) is 0 Å². The number of hydrogen-bond acceptors (Lipinski definition) is 7. The second-order valence-electron chi connectivity index (χ2n) is 11.4. The summed E-state index contributed by atoms with van der Waals surface area (Å²) in [6, 6.07) is 16.6. The van der Waals surface area contributed by atoms with Crippen LogP contribution < -0.4 is 14.6 Å². The van der Waals surface area contributed by atoms with Crippen molar-refractivity contribution in [3.05, 3.63) is 83.7 Å². The van der Waals surface area contributed by atoms with Crippen molar-refractivity contribution in [1.82, 2.24) is 14.8 Å². The van der Waals surface area contributed by atoms with Crippen LogP contribution in [0.2, 0.25) is 0 Å². The molecule has 0 atom stereocenters. The van der Waals surface area contributed by atoms with E-state index >= 15 is 0 Å². The number of nitrogens with two attached hydrogens (primary N) is 1. The van der Waals surface area contributed by atoms with Gasteiger partial charge in [0.25, 0.3) is 5.91 Å². The van der Waals surface area contributed by atoms with Crippen molar-refractivity contribution < 1.29 is 22.7 Å². The van der Waals surface area contributed by atoms with Crippen LogP contribution in [0, 0.1) is 5.41 Å². The van der Waals surface area contributed by atoms with E-state index in [0.29, 0.717) is 25.4 Å². The molecule has 1 amide bonds. The number of methoxy groups -OCH3 is 1. The monoisotopic (exact) mass is 592 g/mol. The van der Waals surface area contributed by atoms with Gasteiger partial charge in [-0.3, -0.25) is 14.7 Å². The Balaban J connectivity index is 1.35. The third kappa shape index (κ3) is 7.29. The van der Waals surface area contributed by atoms with Crippen molar-refractivity contribution in [2.75, 3.05) is 39.9 Å². The summed E-state index contributed by atoms with van der Waals surface area (Å²) in [6.07, 6.45) is 9.65. The molecule has 0 bridgehead atoms. The molecule has 10 heteroatoms. The van der Waals surface area contributed by atoms with Crippen molar-refractivity contribution in [2.45, 2.75) is 50.0 Å². The lowest BCUT2D eigenvalue weighted by Gasteiger charge is -2.45. The number of fused-ring (bicyclic) bond motifs is 1. The average molecular weight is 593 g/mol. The predicted molar refractivity (Wildman–Crippen MR) is 161 cm³/mol. The number of amides is 1. The number of para-hydroxylation sites is 1. The summed E-state index contributed by atoms with van der Waals surface area (Å²) in [5.41, 5.74) is 2.67. The molecule has 3 aromatic rings. The molecule has 42 heavy (non-hydrogen) atoms. The maximum Gasteiger partial charge on any atom is 0.257 e. The molecule has 1 aromatic heterocycles. The lowest BCUT2D eigenvalue weighted by atomic mass is 9.73. The molecule has 224 valence electrons. The van der Waals surface area contributed by atoms with Crippen LogP contribution in [0.1, 0.15) is 53.6 Å². The molecule has 0 saturated carbocycles. The van der Waals surface area contributed by atoms with Crippen molar-refractivity contribution in [2.24, 2.45) is 10.6 Å². The fourth-order valence-electron chi connectivity index (χ4n) is 6.26. The Morgan fingerprint density at radius 1 is 1.05 bits per heavy atom. The first kappa shape index (κ1) is 30.0. The molecule has 3 heterocycles. The van der Waals surface area contributed by atoms with Crippen molar-refractivity contribution >= 4 is 15.9 Å². The fourth-order valence-corrected chi connectivity index (χ4v) is 6.80. The Morgan fingerprint density at radius 3 is 2.60 bits per heavy atom. The van der Waals surface area contributed by atoms with E-state index in [1.165, 1.54) is 30.9 Å². The van der Waals surface area contributed by atoms with Crippen molar-refractivity contribution in [3.63, 3.8) is 0 Å². The molecule has 5 rings (SSSR count). The minimum Gasteiger partial charge on any atom is -0.496 e. The zero-order valence-electron chi connectivity index (χ0n) is 24.2. The minimum atomic E-state index is -3.95. The number of sulfonamides is 1. The zero-order valence-corrected chi connectivity index (χ0v) is 25.0. The van der Waals surface area contributed by atoms with Gasteiger partial charge in [0.2, 0.25) is 10.0 Å². The molecule has 9 nitrogen and oxygen atoms in total. The van der Waals surface area contributed by atoms with Crippen LogP contribution >= 0.6 is 0 Å². The summed E-state index contributed by atoms with van der Waals surface area (Å²) in [5.74, 6) is 1.07. The van der Waals surface area contributed by atoms with E-state index in [4.69, 9.17) is 14.6 Å². The van der Waals surface area contributed by atoms with E-state index in [2.05, 4.69) is 34.1 Å². The second-order valence-corrected chi connectivity index (χ2v) is 13.0. The van der Waals surface area contributed by atoms with E-state index in [0.717, 1.165) is 69.5 Å². The third-order valence-electron chi connectivity index (χ3n) is 8.57. The molecule has 0 aliphatic carbocycles. The summed E-state index contributed by atoms with van der Waals surface area (Å²) in [5, 5.41) is 5.35. The van der Waals surface area contributed by atoms with E-state index in [1.54, 1.807) is 6.20 Å². The predicted octanol–water partition coefficient (Wildman–Crippen LogP) is 4.27. The quantitative estimate of drug-likeness (QED) is 0.471. The molecule has 1 saturated heterocycles. The van der Waals surface area contributed by atoms with Crippen LogP contribution in [0.25, 0.3) is 0 Å². The first-order valence-electron chi connectivity index (χ1n) is 14.6. The van der Waals surface area contributed by atoms with E-state index in [9.17, 15) is 13.2 Å². The van der Waals surface area contributed by atoms with Crippen LogP contribution in [0.5, 0.6) is 11.5 Å². The first-order chi connectivity index (χ1) is 20.3. The Hall–Kier alpha value is -3.47. The topological polar surface area (TPSA) is 115 Å². The summed E-state index contributed by atoms with van der Waals surface area (Å²) < 4.78 is 35.6. The third-order valence-corrected chi connectivity index (χ3v) is 9.48. The fraction of sp³-hybridized carbons (Fsp3) is 0.438. The maximum absolute atomic E-state index is 13.6. The number of rotatable bonds is 5. The normalized spacial score (nSPS) is 18.3. The zero-order chi connectivity index (χ0) is 29.6. The second kappa shape index (κ2) is 13.2. The molecule has 0 unspecified atom stereocenters. The number of aromatic nitrogens is 1. The number of piperidine rings is 1. The Kier molecular flexibility index (Phi) is 9.45. The van der Waals surface area contributed by atoms with Crippen LogP contribution in [-0.4, -0.2) is 69.0 Å². The van der Waals surface area contributed by atoms with Gasteiger partial charge in [-0.25, -0.2) is 13.6 Å². The minimum absolute atomic E-state index is 0.0459. The first-order valence-corrected chi connectivity index (χ1v) is 16.1.